The van der Waals surface area contributed by atoms with Gasteiger partial charge in [-0.25, -0.2) is 4.98 Å². The smallest absolute Gasteiger partial charge is 0.307 e. The molecule has 1 aliphatic carbocycles. The van der Waals surface area contributed by atoms with Crippen molar-refractivity contribution in [1.29, 1.82) is 0 Å². The van der Waals surface area contributed by atoms with Crippen LogP contribution in [-0.4, -0.2) is 21.0 Å². The number of hydrogen-bond donors (Lipinski definition) is 2. The summed E-state index contributed by atoms with van der Waals surface area (Å²) in [6, 6.07) is 9.89. The highest BCUT2D eigenvalue weighted by Gasteiger charge is 2.46. The summed E-state index contributed by atoms with van der Waals surface area (Å²) in [5.74, 6) is -0.140. The molecule has 1 aliphatic rings. The quantitative estimate of drug-likeness (QED) is 0.846. The van der Waals surface area contributed by atoms with E-state index in [1.807, 2.05) is 30.3 Å². The van der Waals surface area contributed by atoms with E-state index in [9.17, 15) is 4.79 Å². The Balaban J connectivity index is 1.83. The molecular formula is C13H12N2O2. The van der Waals surface area contributed by atoms with Gasteiger partial charge in [0.1, 0.15) is 5.82 Å². The Morgan fingerprint density at radius 2 is 2.12 bits per heavy atom. The van der Waals surface area contributed by atoms with Crippen molar-refractivity contribution in [2.45, 2.75) is 12.3 Å². The lowest BCUT2D eigenvalue weighted by Crippen LogP contribution is -1.99. The first kappa shape index (κ1) is 10.1. The summed E-state index contributed by atoms with van der Waals surface area (Å²) in [6.45, 7) is 0. The monoisotopic (exact) mass is 228 g/mol. The maximum atomic E-state index is 10.8. The fourth-order valence-corrected chi connectivity index (χ4v) is 2.06. The lowest BCUT2D eigenvalue weighted by molar-refractivity contribution is -0.138. The minimum Gasteiger partial charge on any atom is -0.481 e. The molecule has 0 unspecified atom stereocenters. The molecule has 4 heteroatoms. The van der Waals surface area contributed by atoms with Crippen LogP contribution < -0.4 is 0 Å². The Bertz CT molecular complexity index is 548. The van der Waals surface area contributed by atoms with Gasteiger partial charge in [0.25, 0.3) is 0 Å². The van der Waals surface area contributed by atoms with E-state index < -0.39 is 5.97 Å². The standard InChI is InChI=1S/C13H12N2O2/c16-13(17)10-6-9(10)12-14-7-11(15-12)8-4-2-1-3-5-8/h1-5,7,9-10H,6H2,(H,14,15)(H,16,17)/t9-,10-/m1/s1. The molecule has 0 spiro atoms. The Morgan fingerprint density at radius 3 is 2.76 bits per heavy atom. The van der Waals surface area contributed by atoms with Gasteiger partial charge < -0.3 is 10.1 Å². The second kappa shape index (κ2) is 3.73. The van der Waals surface area contributed by atoms with E-state index >= 15 is 0 Å². The average molecular weight is 228 g/mol. The van der Waals surface area contributed by atoms with Crippen LogP contribution in [0.25, 0.3) is 11.3 Å². The zero-order chi connectivity index (χ0) is 11.8. The maximum Gasteiger partial charge on any atom is 0.307 e. The number of aromatic amines is 1. The predicted molar refractivity (Wildman–Crippen MR) is 62.5 cm³/mol. The van der Waals surface area contributed by atoms with E-state index in [0.717, 1.165) is 17.1 Å². The van der Waals surface area contributed by atoms with Crippen LogP contribution in [0.2, 0.25) is 0 Å². The molecule has 1 fully saturated rings. The lowest BCUT2D eigenvalue weighted by atomic mass is 10.2. The fourth-order valence-electron chi connectivity index (χ4n) is 2.06. The van der Waals surface area contributed by atoms with Gasteiger partial charge in [0.15, 0.2) is 0 Å². The van der Waals surface area contributed by atoms with Gasteiger partial charge in [-0.15, -0.1) is 0 Å². The third kappa shape index (κ3) is 1.82. The summed E-state index contributed by atoms with van der Waals surface area (Å²) >= 11 is 0. The second-order valence-corrected chi connectivity index (χ2v) is 4.34. The zero-order valence-electron chi connectivity index (χ0n) is 9.13. The van der Waals surface area contributed by atoms with Crippen molar-refractivity contribution in [3.8, 4) is 11.3 Å². The molecule has 17 heavy (non-hydrogen) atoms. The molecule has 0 radical (unpaired) electrons. The molecule has 1 aromatic heterocycles. The first-order valence-corrected chi connectivity index (χ1v) is 5.59. The normalized spacial score (nSPS) is 22.4. The molecule has 3 rings (SSSR count). The molecule has 2 N–H and O–H groups in total. The topological polar surface area (TPSA) is 66.0 Å². The number of imidazole rings is 1. The number of nitrogens with one attached hydrogen (secondary N) is 1. The molecule has 2 aromatic rings. The molecule has 0 amide bonds. The molecule has 1 heterocycles. The average Bonchev–Trinajstić information content (AvgIpc) is 3.01. The second-order valence-electron chi connectivity index (χ2n) is 4.34. The molecule has 1 aromatic carbocycles. The molecule has 0 saturated heterocycles. The van der Waals surface area contributed by atoms with E-state index in [2.05, 4.69) is 9.97 Å². The molecule has 4 nitrogen and oxygen atoms in total. The molecule has 2 atom stereocenters. The SMILES string of the molecule is O=C(O)[C@@H]1C[C@H]1c1ncc(-c2ccccc2)[nH]1. The predicted octanol–water partition coefficient (Wildman–Crippen LogP) is 2.26. The van der Waals surface area contributed by atoms with Crippen LogP contribution in [0, 0.1) is 5.92 Å². The summed E-state index contributed by atoms with van der Waals surface area (Å²) < 4.78 is 0. The van der Waals surface area contributed by atoms with Gasteiger partial charge in [-0.05, 0) is 12.0 Å². The molecule has 0 aliphatic heterocycles. The van der Waals surface area contributed by atoms with Crippen LogP contribution in [0.4, 0.5) is 0 Å². The Labute approximate surface area is 98.3 Å². The molecule has 86 valence electrons. The van der Waals surface area contributed by atoms with Crippen molar-refractivity contribution in [3.05, 3.63) is 42.4 Å². The number of aliphatic carboxylic acids is 1. The molecule has 1 saturated carbocycles. The largest absolute Gasteiger partial charge is 0.481 e. The Kier molecular flexibility index (Phi) is 2.21. The summed E-state index contributed by atoms with van der Waals surface area (Å²) in [5.41, 5.74) is 2.01. The minimum atomic E-state index is -0.729. The van der Waals surface area contributed by atoms with Gasteiger partial charge >= 0.3 is 5.97 Å². The van der Waals surface area contributed by atoms with Crippen LogP contribution in [-0.2, 0) is 4.79 Å². The number of aromatic nitrogens is 2. The van der Waals surface area contributed by atoms with Gasteiger partial charge in [-0.3, -0.25) is 4.79 Å². The van der Waals surface area contributed by atoms with Crippen molar-refractivity contribution in [3.63, 3.8) is 0 Å². The van der Waals surface area contributed by atoms with E-state index in [4.69, 9.17) is 5.11 Å². The van der Waals surface area contributed by atoms with E-state index in [-0.39, 0.29) is 11.8 Å². The van der Waals surface area contributed by atoms with E-state index in [0.29, 0.717) is 6.42 Å². The number of nitrogens with zero attached hydrogens (tertiary/aromatic N) is 1. The summed E-state index contributed by atoms with van der Waals surface area (Å²) in [6.07, 6.45) is 2.46. The number of carbonyl (C=O) groups is 1. The van der Waals surface area contributed by atoms with Crippen LogP contribution in [0.3, 0.4) is 0 Å². The number of H-pyrrole nitrogens is 1. The summed E-state index contributed by atoms with van der Waals surface area (Å²) in [7, 11) is 0. The van der Waals surface area contributed by atoms with Gasteiger partial charge in [0.05, 0.1) is 17.8 Å². The third-order valence-corrected chi connectivity index (χ3v) is 3.14. The van der Waals surface area contributed by atoms with Crippen LogP contribution in [0.15, 0.2) is 36.5 Å². The highest BCUT2D eigenvalue weighted by molar-refractivity contribution is 5.75. The van der Waals surface area contributed by atoms with E-state index in [1.54, 1.807) is 6.20 Å². The van der Waals surface area contributed by atoms with E-state index in [1.165, 1.54) is 0 Å². The van der Waals surface area contributed by atoms with Gasteiger partial charge in [0, 0.05) is 5.92 Å². The molecular weight excluding hydrogens is 216 g/mol. The van der Waals surface area contributed by atoms with Crippen molar-refractivity contribution in [2.24, 2.45) is 5.92 Å². The highest BCUT2D eigenvalue weighted by Crippen LogP contribution is 2.46. The highest BCUT2D eigenvalue weighted by atomic mass is 16.4. The third-order valence-electron chi connectivity index (χ3n) is 3.14. The van der Waals surface area contributed by atoms with Crippen molar-refractivity contribution in [2.75, 3.05) is 0 Å². The van der Waals surface area contributed by atoms with Crippen molar-refractivity contribution < 1.29 is 9.90 Å². The zero-order valence-corrected chi connectivity index (χ0v) is 9.13. The van der Waals surface area contributed by atoms with Gasteiger partial charge in [-0.1, -0.05) is 30.3 Å². The molecule has 0 bridgehead atoms. The number of rotatable bonds is 3. The lowest BCUT2D eigenvalue weighted by Gasteiger charge is -1.95. The van der Waals surface area contributed by atoms with Crippen molar-refractivity contribution >= 4 is 5.97 Å². The number of benzene rings is 1. The summed E-state index contributed by atoms with van der Waals surface area (Å²) in [4.78, 5) is 18.3. The number of carboxylic acid groups (broad SMARTS) is 1. The van der Waals surface area contributed by atoms with Crippen LogP contribution in [0.5, 0.6) is 0 Å². The maximum absolute atomic E-state index is 10.8. The van der Waals surface area contributed by atoms with Crippen LogP contribution >= 0.6 is 0 Å². The first-order chi connectivity index (χ1) is 8.25. The van der Waals surface area contributed by atoms with Gasteiger partial charge in [-0.2, -0.15) is 0 Å². The first-order valence-electron chi connectivity index (χ1n) is 5.59. The summed E-state index contributed by atoms with van der Waals surface area (Å²) in [5, 5.41) is 8.87. The number of carboxylic acids is 1. The van der Waals surface area contributed by atoms with Crippen molar-refractivity contribution in [1.82, 2.24) is 9.97 Å². The minimum absolute atomic E-state index is 0.0602. The van der Waals surface area contributed by atoms with Crippen LogP contribution in [0.1, 0.15) is 18.2 Å². The number of hydrogen-bond acceptors (Lipinski definition) is 2. The Hall–Kier alpha value is -2.10. The Morgan fingerprint density at radius 1 is 1.35 bits per heavy atom. The fraction of sp³-hybridized carbons (Fsp3) is 0.231. The van der Waals surface area contributed by atoms with Gasteiger partial charge in [0.2, 0.25) is 0 Å².